The third-order valence-electron chi connectivity index (χ3n) is 5.82. The first-order chi connectivity index (χ1) is 13.7. The molecule has 9 nitrogen and oxygen atoms in total. The van der Waals surface area contributed by atoms with Gasteiger partial charge < -0.3 is 25.4 Å². The molecule has 0 aromatic rings. The van der Waals surface area contributed by atoms with Crippen LogP contribution in [0.2, 0.25) is 0 Å². The lowest BCUT2D eigenvalue weighted by Gasteiger charge is -2.27. The van der Waals surface area contributed by atoms with E-state index in [4.69, 9.17) is 9.47 Å². The van der Waals surface area contributed by atoms with Crippen LogP contribution < -0.4 is 16.0 Å². The van der Waals surface area contributed by atoms with Crippen molar-refractivity contribution in [3.05, 3.63) is 0 Å². The van der Waals surface area contributed by atoms with Gasteiger partial charge in [-0.05, 0) is 11.8 Å². The fourth-order valence-electron chi connectivity index (χ4n) is 3.34. The van der Waals surface area contributed by atoms with E-state index in [1.54, 1.807) is 0 Å². The molecule has 0 aromatic carbocycles. The number of amides is 2. The maximum Gasteiger partial charge on any atom is 0.328 e. The van der Waals surface area contributed by atoms with E-state index < -0.39 is 35.9 Å². The van der Waals surface area contributed by atoms with E-state index in [2.05, 4.69) is 16.0 Å². The lowest BCUT2D eigenvalue weighted by Crippen LogP contribution is -2.52. The molecule has 0 aromatic heterocycles. The number of esters is 2. The summed E-state index contributed by atoms with van der Waals surface area (Å²) in [5.74, 6) is -3.32. The predicted molar refractivity (Wildman–Crippen MR) is 107 cm³/mol. The molecule has 0 saturated carbocycles. The molecule has 0 spiro atoms. The van der Waals surface area contributed by atoms with Crippen LogP contribution in [-0.4, -0.2) is 63.1 Å². The summed E-state index contributed by atoms with van der Waals surface area (Å²) in [6.45, 7) is 8.16. The fourth-order valence-corrected chi connectivity index (χ4v) is 3.34. The molecular formula is C20H35N3O6. The van der Waals surface area contributed by atoms with Gasteiger partial charge in [-0.1, -0.05) is 40.5 Å². The molecular weight excluding hydrogens is 378 g/mol. The zero-order valence-electron chi connectivity index (χ0n) is 18.2. The summed E-state index contributed by atoms with van der Waals surface area (Å²) in [6.07, 6.45) is 1.37. The van der Waals surface area contributed by atoms with Crippen LogP contribution >= 0.6 is 0 Å². The maximum atomic E-state index is 12.8. The van der Waals surface area contributed by atoms with Crippen molar-refractivity contribution < 1.29 is 28.7 Å². The molecule has 1 saturated heterocycles. The Kier molecular flexibility index (Phi) is 10.1. The molecule has 3 N–H and O–H groups in total. The molecule has 1 heterocycles. The normalized spacial score (nSPS) is 22.7. The largest absolute Gasteiger partial charge is 0.467 e. The van der Waals surface area contributed by atoms with Crippen LogP contribution in [-0.2, 0) is 28.7 Å². The molecule has 29 heavy (non-hydrogen) atoms. The first kappa shape index (κ1) is 24.9. The van der Waals surface area contributed by atoms with E-state index in [0.29, 0.717) is 25.9 Å². The van der Waals surface area contributed by atoms with Crippen molar-refractivity contribution in [1.29, 1.82) is 0 Å². The summed E-state index contributed by atoms with van der Waals surface area (Å²) in [5, 5.41) is 8.53. The lowest BCUT2D eigenvalue weighted by molar-refractivity contribution is -0.148. The number of rotatable bonds is 10. The van der Waals surface area contributed by atoms with Gasteiger partial charge in [-0.15, -0.1) is 0 Å². The number of hydrogen-bond donors (Lipinski definition) is 3. The van der Waals surface area contributed by atoms with Crippen LogP contribution in [0.4, 0.5) is 0 Å². The zero-order chi connectivity index (χ0) is 22.1. The van der Waals surface area contributed by atoms with E-state index in [9.17, 15) is 19.2 Å². The van der Waals surface area contributed by atoms with Gasteiger partial charge in [0.25, 0.3) is 0 Å². The van der Waals surface area contributed by atoms with Crippen molar-refractivity contribution in [2.24, 2.45) is 23.7 Å². The monoisotopic (exact) mass is 413 g/mol. The molecule has 1 rings (SSSR count). The standard InChI is InChI=1S/C20H35N3O6/c1-7-11(3)15(19(26)28-5)22-17(24)13-9-21-10-14(13)18(25)23-16(12(4)8-2)20(27)29-6/h11-16,21H,7-10H2,1-6H3,(H,22,24)(H,23,25)/t11-,12-,13-,14-,15+,16?/m1/s1. The number of carbonyl (C=O) groups excluding carboxylic acids is 4. The highest BCUT2D eigenvalue weighted by Crippen LogP contribution is 2.20. The Hall–Kier alpha value is -2.16. The van der Waals surface area contributed by atoms with E-state index in [1.165, 1.54) is 14.2 Å². The van der Waals surface area contributed by atoms with E-state index in [0.717, 1.165) is 0 Å². The number of methoxy groups -OCH3 is 2. The Morgan fingerprint density at radius 1 is 0.828 bits per heavy atom. The van der Waals surface area contributed by atoms with Crippen LogP contribution in [0.15, 0.2) is 0 Å². The highest BCUT2D eigenvalue weighted by atomic mass is 16.5. The van der Waals surface area contributed by atoms with Gasteiger partial charge in [-0.3, -0.25) is 9.59 Å². The minimum absolute atomic E-state index is 0.109. The van der Waals surface area contributed by atoms with E-state index >= 15 is 0 Å². The first-order valence-electron chi connectivity index (χ1n) is 10.2. The van der Waals surface area contributed by atoms with Crippen LogP contribution in [0.1, 0.15) is 40.5 Å². The average molecular weight is 414 g/mol. The third-order valence-corrected chi connectivity index (χ3v) is 5.82. The van der Waals surface area contributed by atoms with Crippen LogP contribution in [0.25, 0.3) is 0 Å². The van der Waals surface area contributed by atoms with Crippen molar-refractivity contribution in [3.8, 4) is 0 Å². The SMILES string of the molecule is CC[C@@H](C)C(NC(=O)[C@@H]1CNC[C@H]1C(=O)N[C@H](C(=O)OC)[C@H](C)CC)C(=O)OC. The topological polar surface area (TPSA) is 123 Å². The molecule has 0 radical (unpaired) electrons. The third kappa shape index (κ3) is 6.42. The number of hydrogen-bond acceptors (Lipinski definition) is 7. The highest BCUT2D eigenvalue weighted by Gasteiger charge is 2.41. The smallest absolute Gasteiger partial charge is 0.328 e. The molecule has 6 atom stereocenters. The second-order valence-corrected chi connectivity index (χ2v) is 7.66. The van der Waals surface area contributed by atoms with Gasteiger partial charge in [0.15, 0.2) is 0 Å². The molecule has 1 aliphatic heterocycles. The summed E-state index contributed by atoms with van der Waals surface area (Å²) in [5.41, 5.74) is 0. The summed E-state index contributed by atoms with van der Waals surface area (Å²) < 4.78 is 9.61. The van der Waals surface area contributed by atoms with Crippen molar-refractivity contribution in [1.82, 2.24) is 16.0 Å². The Bertz CT molecular complexity index is 547. The van der Waals surface area contributed by atoms with Gasteiger partial charge in [0.05, 0.1) is 26.1 Å². The molecule has 0 aliphatic carbocycles. The zero-order valence-corrected chi connectivity index (χ0v) is 18.2. The number of nitrogens with one attached hydrogen (secondary N) is 3. The van der Waals surface area contributed by atoms with Crippen molar-refractivity contribution in [2.75, 3.05) is 27.3 Å². The molecule has 1 fully saturated rings. The molecule has 2 amide bonds. The number of carbonyl (C=O) groups is 4. The molecule has 1 aliphatic rings. The molecule has 166 valence electrons. The highest BCUT2D eigenvalue weighted by molar-refractivity contribution is 5.92. The summed E-state index contributed by atoms with van der Waals surface area (Å²) >= 11 is 0. The van der Waals surface area contributed by atoms with Crippen molar-refractivity contribution in [3.63, 3.8) is 0 Å². The molecule has 0 bridgehead atoms. The van der Waals surface area contributed by atoms with Crippen LogP contribution in [0.3, 0.4) is 0 Å². The molecule has 1 unspecified atom stereocenters. The van der Waals surface area contributed by atoms with Gasteiger partial charge in [0, 0.05) is 13.1 Å². The maximum absolute atomic E-state index is 12.8. The second kappa shape index (κ2) is 11.7. The van der Waals surface area contributed by atoms with E-state index in [-0.39, 0.29) is 23.7 Å². The molecule has 9 heteroatoms. The lowest BCUT2D eigenvalue weighted by atomic mass is 9.91. The fraction of sp³-hybridized carbons (Fsp3) is 0.800. The minimum atomic E-state index is -0.773. The van der Waals surface area contributed by atoms with Crippen LogP contribution in [0, 0.1) is 23.7 Å². The van der Waals surface area contributed by atoms with Crippen molar-refractivity contribution >= 4 is 23.8 Å². The van der Waals surface area contributed by atoms with Gasteiger partial charge >= 0.3 is 11.9 Å². The summed E-state index contributed by atoms with van der Waals surface area (Å²) in [7, 11) is 2.55. The second-order valence-electron chi connectivity index (χ2n) is 7.66. The quantitative estimate of drug-likeness (QED) is 0.438. The Morgan fingerprint density at radius 2 is 1.17 bits per heavy atom. The Morgan fingerprint density at radius 3 is 1.45 bits per heavy atom. The Balaban J connectivity index is 2.89. The summed E-state index contributed by atoms with van der Waals surface area (Å²) in [6, 6.07) is -1.55. The Labute approximate surface area is 172 Å². The predicted octanol–water partition coefficient (Wildman–Crippen LogP) is 0.230. The van der Waals surface area contributed by atoms with Gasteiger partial charge in [-0.2, -0.15) is 0 Å². The van der Waals surface area contributed by atoms with Gasteiger partial charge in [0.2, 0.25) is 11.8 Å². The average Bonchev–Trinajstić information content (AvgIpc) is 3.23. The first-order valence-corrected chi connectivity index (χ1v) is 10.2. The van der Waals surface area contributed by atoms with Gasteiger partial charge in [0.1, 0.15) is 12.1 Å². The van der Waals surface area contributed by atoms with Crippen molar-refractivity contribution in [2.45, 2.75) is 52.6 Å². The van der Waals surface area contributed by atoms with Gasteiger partial charge in [-0.25, -0.2) is 9.59 Å². The minimum Gasteiger partial charge on any atom is -0.467 e. The van der Waals surface area contributed by atoms with E-state index in [1.807, 2.05) is 27.7 Å². The number of ether oxygens (including phenoxy) is 2. The summed E-state index contributed by atoms with van der Waals surface area (Å²) in [4.78, 5) is 49.8. The van der Waals surface area contributed by atoms with Crippen LogP contribution in [0.5, 0.6) is 0 Å².